The minimum atomic E-state index is -1.07. The number of carbonyl (C=O) groups is 3. The Morgan fingerprint density at radius 2 is 1.84 bits per heavy atom. The molecule has 0 saturated carbocycles. The van der Waals surface area contributed by atoms with Gasteiger partial charge in [0.2, 0.25) is 0 Å². The summed E-state index contributed by atoms with van der Waals surface area (Å²) < 4.78 is 5.13. The van der Waals surface area contributed by atoms with Crippen LogP contribution in [0.4, 0.5) is 11.4 Å². The normalized spacial score (nSPS) is 11.5. The fraction of sp³-hybridized carbons (Fsp3) is 0.167. The fourth-order valence-corrected chi connectivity index (χ4v) is 2.20. The first kappa shape index (κ1) is 18.5. The van der Waals surface area contributed by atoms with Crippen LogP contribution >= 0.6 is 11.6 Å². The van der Waals surface area contributed by atoms with E-state index in [2.05, 4.69) is 5.32 Å². The summed E-state index contributed by atoms with van der Waals surface area (Å²) in [6, 6.07) is 10.9. The van der Waals surface area contributed by atoms with Crippen molar-refractivity contribution in [2.45, 2.75) is 20.0 Å². The quantitative estimate of drug-likeness (QED) is 0.484. The van der Waals surface area contributed by atoms with Gasteiger partial charge in [0.1, 0.15) is 0 Å². The molecular formula is C18H17ClN2O4. The predicted molar refractivity (Wildman–Crippen MR) is 95.8 cm³/mol. The van der Waals surface area contributed by atoms with Gasteiger partial charge in [-0.2, -0.15) is 0 Å². The number of anilines is 2. The Labute approximate surface area is 149 Å². The Hall–Kier alpha value is -2.86. The predicted octanol–water partition coefficient (Wildman–Crippen LogP) is 3.31. The summed E-state index contributed by atoms with van der Waals surface area (Å²) in [6.07, 6.45) is -1.07. The zero-order valence-electron chi connectivity index (χ0n) is 13.7. The number of ether oxygens (including phenoxy) is 1. The van der Waals surface area contributed by atoms with Gasteiger partial charge in [-0.05, 0) is 44.2 Å². The number of esters is 1. The number of hydrogen-bond donors (Lipinski definition) is 2. The van der Waals surface area contributed by atoms with Crippen LogP contribution in [0.1, 0.15) is 34.6 Å². The van der Waals surface area contributed by atoms with Gasteiger partial charge in [-0.1, -0.05) is 23.7 Å². The maximum Gasteiger partial charge on any atom is 0.338 e. The highest BCUT2D eigenvalue weighted by Gasteiger charge is 2.20. The van der Waals surface area contributed by atoms with Crippen molar-refractivity contribution in [3.05, 3.63) is 58.6 Å². The van der Waals surface area contributed by atoms with Crippen molar-refractivity contribution in [2.75, 3.05) is 11.1 Å². The SMILES string of the molecule is CC(=O)c1ccccc1NC(=O)C(C)OC(=O)c1ccc(Cl)c(N)c1. The van der Waals surface area contributed by atoms with Gasteiger partial charge in [-0.15, -0.1) is 0 Å². The molecule has 3 N–H and O–H groups in total. The number of ketones is 1. The average Bonchev–Trinajstić information content (AvgIpc) is 2.57. The van der Waals surface area contributed by atoms with Crippen molar-refractivity contribution >= 4 is 40.6 Å². The third kappa shape index (κ3) is 4.58. The molecule has 0 aliphatic heterocycles. The van der Waals surface area contributed by atoms with Gasteiger partial charge < -0.3 is 15.8 Å². The lowest BCUT2D eigenvalue weighted by Gasteiger charge is -2.15. The number of carbonyl (C=O) groups excluding carboxylic acids is 3. The second-order valence-corrected chi connectivity index (χ2v) is 5.78. The summed E-state index contributed by atoms with van der Waals surface area (Å²) in [5.74, 6) is -1.44. The molecule has 2 aromatic carbocycles. The molecule has 0 radical (unpaired) electrons. The van der Waals surface area contributed by atoms with Gasteiger partial charge in [-0.25, -0.2) is 4.79 Å². The Kier molecular flexibility index (Phi) is 5.77. The molecule has 0 aliphatic rings. The van der Waals surface area contributed by atoms with Gasteiger partial charge in [0, 0.05) is 5.56 Å². The van der Waals surface area contributed by atoms with E-state index in [0.717, 1.165) is 0 Å². The Morgan fingerprint density at radius 1 is 1.16 bits per heavy atom. The van der Waals surface area contributed by atoms with Gasteiger partial charge in [0.25, 0.3) is 5.91 Å². The minimum absolute atomic E-state index is 0.183. The van der Waals surface area contributed by atoms with Crippen LogP contribution in [0.3, 0.4) is 0 Å². The Bertz CT molecular complexity index is 836. The van der Waals surface area contributed by atoms with E-state index < -0.39 is 18.0 Å². The van der Waals surface area contributed by atoms with Crippen LogP contribution in [0.15, 0.2) is 42.5 Å². The third-order valence-corrected chi connectivity index (χ3v) is 3.79. The van der Waals surface area contributed by atoms with Crippen LogP contribution in [0.5, 0.6) is 0 Å². The monoisotopic (exact) mass is 360 g/mol. The second kappa shape index (κ2) is 7.81. The molecule has 0 aliphatic carbocycles. The minimum Gasteiger partial charge on any atom is -0.449 e. The van der Waals surface area contributed by atoms with E-state index in [-0.39, 0.29) is 17.0 Å². The van der Waals surface area contributed by atoms with E-state index in [9.17, 15) is 14.4 Å². The summed E-state index contributed by atoms with van der Waals surface area (Å²) in [7, 11) is 0. The number of halogens is 1. The molecule has 25 heavy (non-hydrogen) atoms. The van der Waals surface area contributed by atoms with Crippen LogP contribution in [0.2, 0.25) is 5.02 Å². The van der Waals surface area contributed by atoms with E-state index in [1.807, 2.05) is 0 Å². The van der Waals surface area contributed by atoms with Crippen molar-refractivity contribution in [2.24, 2.45) is 0 Å². The van der Waals surface area contributed by atoms with Crippen LogP contribution in [0.25, 0.3) is 0 Å². The lowest BCUT2D eigenvalue weighted by atomic mass is 10.1. The molecular weight excluding hydrogens is 344 g/mol. The first-order chi connectivity index (χ1) is 11.8. The molecule has 2 rings (SSSR count). The first-order valence-corrected chi connectivity index (χ1v) is 7.84. The molecule has 1 atom stereocenters. The van der Waals surface area contributed by atoms with Crippen molar-refractivity contribution in [3.8, 4) is 0 Å². The van der Waals surface area contributed by atoms with E-state index in [1.165, 1.54) is 32.0 Å². The average molecular weight is 361 g/mol. The molecule has 7 heteroatoms. The zero-order valence-corrected chi connectivity index (χ0v) is 14.5. The van der Waals surface area contributed by atoms with E-state index in [1.54, 1.807) is 24.3 Å². The summed E-state index contributed by atoms with van der Waals surface area (Å²) in [6.45, 7) is 2.84. The molecule has 2 aromatic rings. The number of Topliss-reactive ketones (excluding diaryl/α,β-unsaturated/α-hetero) is 1. The molecule has 0 spiro atoms. The number of nitrogens with one attached hydrogen (secondary N) is 1. The highest BCUT2D eigenvalue weighted by atomic mass is 35.5. The summed E-state index contributed by atoms with van der Waals surface area (Å²) in [5, 5.41) is 2.91. The van der Waals surface area contributed by atoms with Gasteiger partial charge in [0.15, 0.2) is 11.9 Å². The third-order valence-electron chi connectivity index (χ3n) is 3.45. The number of benzene rings is 2. The number of hydrogen-bond acceptors (Lipinski definition) is 5. The van der Waals surface area contributed by atoms with E-state index in [4.69, 9.17) is 22.1 Å². The summed E-state index contributed by atoms with van der Waals surface area (Å²) >= 11 is 5.80. The Morgan fingerprint density at radius 3 is 2.48 bits per heavy atom. The van der Waals surface area contributed by atoms with Crippen molar-refractivity contribution in [3.63, 3.8) is 0 Å². The molecule has 0 saturated heterocycles. The number of rotatable bonds is 5. The summed E-state index contributed by atoms with van der Waals surface area (Å²) in [5.41, 5.74) is 6.81. The number of nitrogens with two attached hydrogens (primary N) is 1. The molecule has 6 nitrogen and oxygen atoms in total. The van der Waals surface area contributed by atoms with Crippen molar-refractivity contribution in [1.29, 1.82) is 0 Å². The smallest absolute Gasteiger partial charge is 0.338 e. The molecule has 130 valence electrons. The number of amides is 1. The van der Waals surface area contributed by atoms with Gasteiger partial charge in [-0.3, -0.25) is 9.59 Å². The number of para-hydroxylation sites is 1. The highest BCUT2D eigenvalue weighted by Crippen LogP contribution is 2.20. The fourth-order valence-electron chi connectivity index (χ4n) is 2.09. The summed E-state index contributed by atoms with van der Waals surface area (Å²) in [4.78, 5) is 35.9. The molecule has 0 fully saturated rings. The second-order valence-electron chi connectivity index (χ2n) is 5.37. The standard InChI is InChI=1S/C18H17ClN2O4/c1-10(22)13-5-3-4-6-16(13)21-17(23)11(2)25-18(24)12-7-8-14(19)15(20)9-12/h3-9,11H,20H2,1-2H3,(H,21,23). The van der Waals surface area contributed by atoms with E-state index >= 15 is 0 Å². The molecule has 1 unspecified atom stereocenters. The zero-order chi connectivity index (χ0) is 18.6. The maximum atomic E-state index is 12.2. The topological polar surface area (TPSA) is 98.5 Å². The molecule has 0 heterocycles. The maximum absolute atomic E-state index is 12.2. The van der Waals surface area contributed by atoms with Gasteiger partial charge >= 0.3 is 5.97 Å². The van der Waals surface area contributed by atoms with E-state index in [0.29, 0.717) is 16.3 Å². The van der Waals surface area contributed by atoms with Crippen LogP contribution < -0.4 is 11.1 Å². The molecule has 0 bridgehead atoms. The largest absolute Gasteiger partial charge is 0.449 e. The lowest BCUT2D eigenvalue weighted by molar-refractivity contribution is -0.123. The van der Waals surface area contributed by atoms with Crippen LogP contribution in [-0.4, -0.2) is 23.8 Å². The number of nitrogen functional groups attached to an aromatic ring is 1. The van der Waals surface area contributed by atoms with Crippen LogP contribution in [-0.2, 0) is 9.53 Å². The first-order valence-electron chi connectivity index (χ1n) is 7.46. The van der Waals surface area contributed by atoms with Gasteiger partial charge in [0.05, 0.1) is 22.0 Å². The Balaban J connectivity index is 2.06. The van der Waals surface area contributed by atoms with Crippen LogP contribution in [0, 0.1) is 0 Å². The van der Waals surface area contributed by atoms with Crippen molar-refractivity contribution < 1.29 is 19.1 Å². The van der Waals surface area contributed by atoms with Crippen molar-refractivity contribution in [1.82, 2.24) is 0 Å². The lowest BCUT2D eigenvalue weighted by Crippen LogP contribution is -2.30. The molecule has 1 amide bonds. The highest BCUT2D eigenvalue weighted by molar-refractivity contribution is 6.33. The molecule has 0 aromatic heterocycles.